The molecule has 1 atom stereocenters. The number of carboxylic acids is 1. The molecule has 3 aromatic rings. The summed E-state index contributed by atoms with van der Waals surface area (Å²) in [6.45, 7) is 7.35. The zero-order valence-corrected chi connectivity index (χ0v) is 17.6. The molecule has 0 radical (unpaired) electrons. The lowest BCUT2D eigenvalue weighted by atomic mass is 10.0. The van der Waals surface area contributed by atoms with Crippen molar-refractivity contribution in [3.8, 4) is 0 Å². The third-order valence-electron chi connectivity index (χ3n) is 5.28. The molecule has 31 heavy (non-hydrogen) atoms. The van der Waals surface area contributed by atoms with E-state index < -0.39 is 12.0 Å². The highest BCUT2D eigenvalue weighted by Crippen LogP contribution is 2.37. The smallest absolute Gasteiger partial charge is 0.374 e. The number of amides is 2. The molecule has 11 heteroatoms. The Labute approximate surface area is 178 Å². The second-order valence-electron chi connectivity index (χ2n) is 7.17. The van der Waals surface area contributed by atoms with E-state index in [1.54, 1.807) is 0 Å². The number of aromatic carboxylic acids is 1. The molecule has 2 aliphatic rings. The van der Waals surface area contributed by atoms with E-state index in [0.29, 0.717) is 34.9 Å². The van der Waals surface area contributed by atoms with Gasteiger partial charge in [-0.1, -0.05) is 13.8 Å². The van der Waals surface area contributed by atoms with Crippen LogP contribution in [0.4, 0.5) is 22.1 Å². The Morgan fingerprint density at radius 3 is 2.84 bits per heavy atom. The predicted octanol–water partition coefficient (Wildman–Crippen LogP) is 2.80. The number of aryl methyl sites for hydroxylation is 1. The molecule has 3 aromatic heterocycles. The number of nitrogens with one attached hydrogen (secondary N) is 2. The van der Waals surface area contributed by atoms with E-state index in [4.69, 9.17) is 0 Å². The predicted molar refractivity (Wildman–Crippen MR) is 116 cm³/mol. The summed E-state index contributed by atoms with van der Waals surface area (Å²) in [5.41, 5.74) is 2.08. The molecule has 1 fully saturated rings. The van der Waals surface area contributed by atoms with Crippen molar-refractivity contribution in [2.75, 3.05) is 28.2 Å². The number of urea groups is 1. The van der Waals surface area contributed by atoms with Crippen LogP contribution < -0.4 is 15.1 Å². The number of anilines is 3. The Morgan fingerprint density at radius 1 is 1.26 bits per heavy atom. The lowest BCUT2D eigenvalue weighted by Crippen LogP contribution is -2.56. The van der Waals surface area contributed by atoms with Crippen LogP contribution in [0.5, 0.6) is 0 Å². The number of fused-ring (bicyclic) bond motifs is 5. The van der Waals surface area contributed by atoms with Gasteiger partial charge in [0.25, 0.3) is 0 Å². The number of aromatic amines is 1. The van der Waals surface area contributed by atoms with Crippen molar-refractivity contribution in [1.82, 2.24) is 25.1 Å². The van der Waals surface area contributed by atoms with Gasteiger partial charge in [0.05, 0.1) is 23.3 Å². The van der Waals surface area contributed by atoms with E-state index in [1.807, 2.05) is 32.9 Å². The topological polar surface area (TPSA) is 140 Å². The highest BCUT2D eigenvalue weighted by molar-refractivity contribution is 6.07. The van der Waals surface area contributed by atoms with Crippen LogP contribution in [0.15, 0.2) is 18.3 Å². The van der Waals surface area contributed by atoms with E-state index >= 15 is 0 Å². The third-order valence-corrected chi connectivity index (χ3v) is 5.28. The van der Waals surface area contributed by atoms with Gasteiger partial charge in [0.15, 0.2) is 17.3 Å². The van der Waals surface area contributed by atoms with Gasteiger partial charge in [-0.3, -0.25) is 15.3 Å². The first kappa shape index (κ1) is 20.5. The SMILES string of the molecule is CC.Cc1ccc2c(NC(=O)N3c4nc(C(=O)O)ncc4N4CCCC3C4)n[nH]c2n1. The van der Waals surface area contributed by atoms with E-state index in [0.717, 1.165) is 25.1 Å². The van der Waals surface area contributed by atoms with Crippen LogP contribution >= 0.6 is 0 Å². The zero-order valence-electron chi connectivity index (χ0n) is 17.6. The minimum absolute atomic E-state index is 0.113. The molecule has 1 unspecified atom stereocenters. The number of pyridine rings is 1. The lowest BCUT2D eigenvalue weighted by Gasteiger charge is -2.45. The molecular weight excluding hydrogens is 400 g/mol. The molecule has 11 nitrogen and oxygen atoms in total. The zero-order chi connectivity index (χ0) is 22.1. The highest BCUT2D eigenvalue weighted by Gasteiger charge is 2.39. The van der Waals surface area contributed by atoms with Crippen molar-refractivity contribution in [1.29, 1.82) is 0 Å². The molecule has 3 N–H and O–H groups in total. The van der Waals surface area contributed by atoms with Crippen LogP contribution in [0.25, 0.3) is 11.0 Å². The van der Waals surface area contributed by atoms with Crippen LogP contribution in [-0.2, 0) is 0 Å². The van der Waals surface area contributed by atoms with Gasteiger partial charge in [-0.2, -0.15) is 5.10 Å². The molecule has 0 aromatic carbocycles. The Hall–Kier alpha value is -3.76. The molecule has 0 aliphatic carbocycles. The number of H-pyrrole nitrogens is 1. The van der Waals surface area contributed by atoms with E-state index in [-0.39, 0.29) is 11.9 Å². The summed E-state index contributed by atoms with van der Waals surface area (Å²) < 4.78 is 0. The molecule has 5 rings (SSSR count). The van der Waals surface area contributed by atoms with Gasteiger partial charge in [-0.05, 0) is 31.9 Å². The summed E-state index contributed by atoms with van der Waals surface area (Å²) in [4.78, 5) is 40.7. The Bertz CT molecular complexity index is 1140. The van der Waals surface area contributed by atoms with Crippen LogP contribution in [0.1, 0.15) is 43.0 Å². The molecule has 2 amide bonds. The third kappa shape index (κ3) is 3.62. The summed E-state index contributed by atoms with van der Waals surface area (Å²) >= 11 is 0. The molecule has 0 saturated carbocycles. The van der Waals surface area contributed by atoms with Gasteiger partial charge < -0.3 is 10.0 Å². The first-order valence-corrected chi connectivity index (χ1v) is 10.3. The number of nitrogens with zero attached hydrogens (tertiary/aromatic N) is 6. The molecule has 5 heterocycles. The van der Waals surface area contributed by atoms with Gasteiger partial charge in [-0.25, -0.2) is 24.5 Å². The number of carboxylic acid groups (broad SMARTS) is 1. The van der Waals surface area contributed by atoms with Gasteiger partial charge in [0, 0.05) is 18.8 Å². The van der Waals surface area contributed by atoms with E-state index in [9.17, 15) is 14.7 Å². The van der Waals surface area contributed by atoms with Crippen LogP contribution in [0, 0.1) is 6.92 Å². The first-order valence-electron chi connectivity index (χ1n) is 10.3. The van der Waals surface area contributed by atoms with Gasteiger partial charge in [0.1, 0.15) is 0 Å². The van der Waals surface area contributed by atoms with E-state index in [2.05, 4.69) is 35.4 Å². The quantitative estimate of drug-likeness (QED) is 0.570. The molecule has 162 valence electrons. The minimum Gasteiger partial charge on any atom is -0.475 e. The summed E-state index contributed by atoms with van der Waals surface area (Å²) in [6, 6.07) is 3.16. The number of carbonyl (C=O) groups excluding carboxylic acids is 1. The summed E-state index contributed by atoms with van der Waals surface area (Å²) in [5.74, 6) is -0.907. The molecule has 1 saturated heterocycles. The molecule has 2 aliphatic heterocycles. The Kier molecular flexibility index (Phi) is 5.40. The van der Waals surface area contributed by atoms with Crippen molar-refractivity contribution in [2.45, 2.75) is 39.7 Å². The van der Waals surface area contributed by atoms with Crippen LogP contribution in [0.2, 0.25) is 0 Å². The minimum atomic E-state index is -1.24. The Balaban J connectivity index is 0.00000112. The maximum Gasteiger partial charge on any atom is 0.374 e. The van der Waals surface area contributed by atoms with Gasteiger partial charge in [0.2, 0.25) is 5.82 Å². The number of carbonyl (C=O) groups is 2. The molecule has 2 bridgehead atoms. The standard InChI is InChI=1S/C18H18N8O3.C2H6/c1-9-4-5-11-13(20-9)23-24-14(11)22-18(29)26-10-3-2-6-25(8-10)12-7-19-15(17(27)28)21-16(12)26;1-2/h4-5,7,10H,2-3,6,8H2,1H3,(H,27,28)(H2,20,22,23,24,29);1-2H3. The number of piperidine rings is 1. The number of aromatic nitrogens is 5. The average molecular weight is 424 g/mol. The first-order chi connectivity index (χ1) is 15.0. The largest absolute Gasteiger partial charge is 0.475 e. The average Bonchev–Trinajstić information content (AvgIpc) is 3.16. The van der Waals surface area contributed by atoms with Crippen molar-refractivity contribution in [3.63, 3.8) is 0 Å². The van der Waals surface area contributed by atoms with Crippen LogP contribution in [0.3, 0.4) is 0 Å². The normalized spacial score (nSPS) is 16.9. The lowest BCUT2D eigenvalue weighted by molar-refractivity contribution is 0.0683. The monoisotopic (exact) mass is 424 g/mol. The fraction of sp³-hybridized carbons (Fsp3) is 0.400. The second-order valence-corrected chi connectivity index (χ2v) is 7.17. The number of hydrogen-bond donors (Lipinski definition) is 3. The van der Waals surface area contributed by atoms with Crippen molar-refractivity contribution >= 4 is 40.4 Å². The summed E-state index contributed by atoms with van der Waals surface area (Å²) in [6.07, 6.45) is 3.20. The Morgan fingerprint density at radius 2 is 2.06 bits per heavy atom. The fourth-order valence-corrected chi connectivity index (χ4v) is 3.95. The maximum atomic E-state index is 13.2. The fourth-order valence-electron chi connectivity index (χ4n) is 3.95. The highest BCUT2D eigenvalue weighted by atomic mass is 16.4. The molecule has 0 spiro atoms. The molecular formula is C20H24N8O3. The van der Waals surface area contributed by atoms with Crippen LogP contribution in [-0.4, -0.2) is 61.4 Å². The maximum absolute atomic E-state index is 13.2. The summed E-state index contributed by atoms with van der Waals surface area (Å²) in [5, 5.41) is 19.8. The van der Waals surface area contributed by atoms with Gasteiger partial charge in [-0.15, -0.1) is 0 Å². The van der Waals surface area contributed by atoms with Crippen molar-refractivity contribution in [3.05, 3.63) is 29.8 Å². The number of rotatable bonds is 2. The van der Waals surface area contributed by atoms with Gasteiger partial charge >= 0.3 is 12.0 Å². The van der Waals surface area contributed by atoms with Crippen molar-refractivity contribution in [2.24, 2.45) is 0 Å². The van der Waals surface area contributed by atoms with E-state index in [1.165, 1.54) is 11.1 Å². The second kappa shape index (κ2) is 8.17. The summed E-state index contributed by atoms with van der Waals surface area (Å²) in [7, 11) is 0. The van der Waals surface area contributed by atoms with Crippen molar-refractivity contribution < 1.29 is 14.7 Å². The number of hydrogen-bond acceptors (Lipinski definition) is 7.